The van der Waals surface area contributed by atoms with Crippen molar-refractivity contribution in [3.8, 4) is 0 Å². The highest BCUT2D eigenvalue weighted by atomic mass is 32.1. The van der Waals surface area contributed by atoms with Crippen LogP contribution in [0.5, 0.6) is 0 Å². The Morgan fingerprint density at radius 1 is 0.681 bits per heavy atom. The first-order valence-electron chi connectivity index (χ1n) is 21.1. The molecule has 2 amide bonds. The van der Waals surface area contributed by atoms with E-state index in [0.717, 1.165) is 57.3 Å². The summed E-state index contributed by atoms with van der Waals surface area (Å²) >= 11 is 2.89. The van der Waals surface area contributed by atoms with Crippen LogP contribution in [0.2, 0.25) is 0 Å². The number of nitrogens with one attached hydrogen (secondary N) is 5. The van der Waals surface area contributed by atoms with Gasteiger partial charge >= 0.3 is 0 Å². The first-order chi connectivity index (χ1) is 34.7. The lowest BCUT2D eigenvalue weighted by atomic mass is 10.2. The van der Waals surface area contributed by atoms with Crippen molar-refractivity contribution in [2.24, 2.45) is 5.73 Å². The fourth-order valence-corrected chi connectivity index (χ4v) is 7.90. The number of fused-ring (bicyclic) bond motifs is 2. The Hall–Kier alpha value is -8.60. The van der Waals surface area contributed by atoms with Crippen molar-refractivity contribution >= 4 is 89.6 Å². The van der Waals surface area contributed by atoms with Crippen LogP contribution >= 0.6 is 22.7 Å². The van der Waals surface area contributed by atoms with Crippen LogP contribution < -0.4 is 32.3 Å². The molecule has 0 bridgehead atoms. The number of carbonyl (C=O) groups is 2. The molecule has 22 nitrogen and oxygen atoms in total. The van der Waals surface area contributed by atoms with Crippen LogP contribution in [0.4, 0.5) is 51.9 Å². The highest BCUT2D eigenvalue weighted by molar-refractivity contribution is 7.18. The molecule has 0 aliphatic carbocycles. The number of halogens is 4. The second-order valence-corrected chi connectivity index (χ2v) is 16.5. The molecule has 7 N–H and O–H groups in total. The van der Waals surface area contributed by atoms with Crippen molar-refractivity contribution < 1.29 is 37.0 Å². The number of rotatable bonds is 19. The number of pyridine rings is 2. The van der Waals surface area contributed by atoms with E-state index >= 15 is 0 Å². The fraction of sp³-hybridized carbons (Fsp3) is 0.182. The van der Waals surface area contributed by atoms with Gasteiger partial charge in [0.1, 0.15) is 68.0 Å². The number of nitro benzene ring substituents is 2. The number of benzene rings is 2. The predicted octanol–water partition coefficient (Wildman–Crippen LogP) is 7.03. The van der Waals surface area contributed by atoms with E-state index in [1.807, 2.05) is 0 Å². The Balaban J connectivity index is 0.000000198. The molecular weight excluding hydrogens is 989 g/mol. The van der Waals surface area contributed by atoms with E-state index in [1.165, 1.54) is 59.7 Å². The van der Waals surface area contributed by atoms with Crippen molar-refractivity contribution in [1.82, 2.24) is 45.2 Å². The maximum Gasteiger partial charge on any atom is 0.292 e. The number of hydrogen-bond donors (Lipinski definition) is 6. The molecule has 0 spiro atoms. The van der Waals surface area contributed by atoms with Gasteiger partial charge in [0.2, 0.25) is 11.8 Å². The standard InChI is InChI=1S/C22H20F2N8O3S.C13H13FN6S.C9H7FN2O3/c23-13-3-4-17(32(34)35)15(10-13)30-18(33)5-8-25-9-6-19-31-20-21(28-12-29-22(20)36-19)27-11-16-14(24)2-1-7-26-16;14-8-2-1-5-16-9(8)6-17-12-11-13(19-7-18-12)21-10(20-11)3-4-15;1-2-9(13)11-7-5-6(10)3-4-8(7)12(14)15/h1-4,7,10,12,25H,5-6,8-9,11H2,(H,30,33)(H,27,28,29);1-2,5,7H,3-4,6,15H2,(H,17,18,19);2-5H,1H2,(H,11,13). The molecule has 372 valence electrons. The number of nitro groups is 2. The summed E-state index contributed by atoms with van der Waals surface area (Å²) in [5.74, 6) is -2.18. The van der Waals surface area contributed by atoms with Gasteiger partial charge in [0.25, 0.3) is 11.4 Å². The van der Waals surface area contributed by atoms with Gasteiger partial charge in [-0.15, -0.1) is 0 Å². The molecule has 6 heterocycles. The minimum atomic E-state index is -0.710. The minimum Gasteiger partial charge on any atom is -0.362 e. The smallest absolute Gasteiger partial charge is 0.292 e. The molecule has 72 heavy (non-hydrogen) atoms. The van der Waals surface area contributed by atoms with Crippen LogP contribution in [0.15, 0.2) is 98.4 Å². The van der Waals surface area contributed by atoms with Gasteiger partial charge in [0.15, 0.2) is 11.6 Å². The van der Waals surface area contributed by atoms with Gasteiger partial charge in [0, 0.05) is 69.0 Å². The summed E-state index contributed by atoms with van der Waals surface area (Å²) < 4.78 is 53.5. The van der Waals surface area contributed by atoms with Gasteiger partial charge in [-0.1, -0.05) is 29.3 Å². The van der Waals surface area contributed by atoms with E-state index in [-0.39, 0.29) is 53.8 Å². The number of amides is 2. The summed E-state index contributed by atoms with van der Waals surface area (Å²) in [6.07, 6.45) is 8.18. The van der Waals surface area contributed by atoms with Crippen molar-refractivity contribution in [3.63, 3.8) is 0 Å². The van der Waals surface area contributed by atoms with Crippen LogP contribution in [0.1, 0.15) is 27.8 Å². The molecule has 8 aromatic rings. The van der Waals surface area contributed by atoms with Crippen molar-refractivity contribution in [3.05, 3.63) is 163 Å². The average molecular weight is 1030 g/mol. The Kier molecular flexibility index (Phi) is 18.9. The zero-order valence-electron chi connectivity index (χ0n) is 37.4. The number of anilines is 4. The predicted molar refractivity (Wildman–Crippen MR) is 261 cm³/mol. The van der Waals surface area contributed by atoms with Crippen LogP contribution in [0.25, 0.3) is 20.7 Å². The quantitative estimate of drug-likeness (QED) is 0.0156. The first kappa shape index (κ1) is 52.8. The third-order valence-corrected chi connectivity index (χ3v) is 11.5. The fourth-order valence-electron chi connectivity index (χ4n) is 6.08. The lowest BCUT2D eigenvalue weighted by Crippen LogP contribution is -2.23. The molecule has 8 rings (SSSR count). The van der Waals surface area contributed by atoms with Gasteiger partial charge < -0.3 is 32.3 Å². The Morgan fingerprint density at radius 3 is 1.65 bits per heavy atom. The number of carbonyl (C=O) groups excluding carboxylic acids is 2. The highest BCUT2D eigenvalue weighted by Gasteiger charge is 2.18. The molecule has 0 aliphatic rings. The van der Waals surface area contributed by atoms with E-state index in [9.17, 15) is 47.4 Å². The average Bonchev–Trinajstić information content (AvgIpc) is 3.98. The lowest BCUT2D eigenvalue weighted by Gasteiger charge is -2.07. The van der Waals surface area contributed by atoms with Crippen molar-refractivity contribution in [2.45, 2.75) is 32.4 Å². The summed E-state index contributed by atoms with van der Waals surface area (Å²) in [4.78, 5) is 78.5. The number of hydrogen-bond acceptors (Lipinski definition) is 20. The minimum absolute atomic E-state index is 0.0388. The first-order valence-corrected chi connectivity index (χ1v) is 22.8. The number of aromatic nitrogens is 8. The monoisotopic (exact) mass is 1030 g/mol. The normalized spacial score (nSPS) is 10.6. The summed E-state index contributed by atoms with van der Waals surface area (Å²) in [5.41, 5.74) is 6.27. The van der Waals surface area contributed by atoms with Crippen LogP contribution in [0, 0.1) is 43.5 Å². The van der Waals surface area contributed by atoms with E-state index in [0.29, 0.717) is 65.7 Å². The van der Waals surface area contributed by atoms with E-state index in [2.05, 4.69) is 73.0 Å². The molecule has 0 fully saturated rings. The maximum absolute atomic E-state index is 13.8. The Morgan fingerprint density at radius 2 is 1.18 bits per heavy atom. The second-order valence-electron chi connectivity index (χ2n) is 14.4. The molecular formula is C44H40F4N16O6S2. The molecule has 0 aliphatic heterocycles. The molecule has 28 heteroatoms. The van der Waals surface area contributed by atoms with E-state index < -0.39 is 39.1 Å². The van der Waals surface area contributed by atoms with Gasteiger partial charge in [-0.25, -0.2) is 47.5 Å². The third-order valence-electron chi connectivity index (χ3n) is 9.43. The second kappa shape index (κ2) is 25.8. The topological polar surface area (TPSA) is 310 Å². The van der Waals surface area contributed by atoms with Gasteiger partial charge in [-0.05, 0) is 49.0 Å². The van der Waals surface area contributed by atoms with Crippen LogP contribution in [0.3, 0.4) is 0 Å². The van der Waals surface area contributed by atoms with Gasteiger partial charge in [0.05, 0.1) is 44.3 Å². The third kappa shape index (κ3) is 15.0. The van der Waals surface area contributed by atoms with Crippen LogP contribution in [-0.4, -0.2) is 81.2 Å². The van der Waals surface area contributed by atoms with Gasteiger partial charge in [-0.3, -0.25) is 39.8 Å². The largest absolute Gasteiger partial charge is 0.362 e. The molecule has 0 saturated carbocycles. The van der Waals surface area contributed by atoms with Crippen molar-refractivity contribution in [2.75, 3.05) is 40.9 Å². The molecule has 2 aromatic carbocycles. The van der Waals surface area contributed by atoms with Crippen molar-refractivity contribution in [1.29, 1.82) is 0 Å². The number of nitrogens with zero attached hydrogens (tertiary/aromatic N) is 10. The molecule has 0 saturated heterocycles. The zero-order chi connectivity index (χ0) is 51.6. The Labute approximate surface area is 412 Å². The molecule has 6 aromatic heterocycles. The number of thiazole rings is 2. The molecule has 0 unspecified atom stereocenters. The molecule has 0 atom stereocenters. The van der Waals surface area contributed by atoms with E-state index in [1.54, 1.807) is 12.3 Å². The summed E-state index contributed by atoms with van der Waals surface area (Å²) in [5, 5.41) is 37.0. The van der Waals surface area contributed by atoms with E-state index in [4.69, 9.17) is 5.73 Å². The Bertz CT molecular complexity index is 3220. The highest BCUT2D eigenvalue weighted by Crippen LogP contribution is 2.28. The summed E-state index contributed by atoms with van der Waals surface area (Å²) in [6, 6.07) is 11.5. The zero-order valence-corrected chi connectivity index (χ0v) is 39.0. The lowest BCUT2D eigenvalue weighted by molar-refractivity contribution is -0.384. The molecule has 0 radical (unpaired) electrons. The summed E-state index contributed by atoms with van der Waals surface area (Å²) in [6.45, 7) is 4.92. The number of nitrogens with two attached hydrogens (primary N) is 1. The SMILES string of the molecule is C=CC(=O)Nc1cc(F)ccc1[N+](=O)[O-].NCCc1nc2c(NCc3ncccc3F)ncnc2s1.O=C(CCNCCc1nc2c(NCc3ncccc3F)ncnc2s1)Nc1cc(F)ccc1[N+](=O)[O-]. The van der Waals surface area contributed by atoms with Gasteiger partial charge in [-0.2, -0.15) is 0 Å². The summed E-state index contributed by atoms with van der Waals surface area (Å²) in [7, 11) is 0. The maximum atomic E-state index is 13.8. The van der Waals surface area contributed by atoms with Crippen LogP contribution in [-0.2, 0) is 35.5 Å².